The highest BCUT2D eigenvalue weighted by Gasteiger charge is 2.26. The maximum atomic E-state index is 12.6. The van der Waals surface area contributed by atoms with E-state index < -0.39 is 9.84 Å². The largest absolute Gasteiger partial charge is 0.345 e. The first-order chi connectivity index (χ1) is 11.9. The predicted molar refractivity (Wildman–Crippen MR) is 104 cm³/mol. The average molecular weight is 395 g/mol. The summed E-state index contributed by atoms with van der Waals surface area (Å²) in [5.74, 6) is -0.0621. The van der Waals surface area contributed by atoms with Crippen molar-refractivity contribution in [2.24, 2.45) is 5.92 Å². The van der Waals surface area contributed by atoms with Crippen molar-refractivity contribution >= 4 is 28.2 Å². The highest BCUT2D eigenvalue weighted by molar-refractivity contribution is 7.90. The van der Waals surface area contributed by atoms with Crippen molar-refractivity contribution in [1.82, 2.24) is 10.6 Å². The summed E-state index contributed by atoms with van der Waals surface area (Å²) >= 11 is 0. The average Bonchev–Trinajstić information content (AvgIpc) is 3.14. The molecule has 1 saturated heterocycles. The molecule has 2 atom stereocenters. The molecule has 1 amide bonds. The normalized spacial score (nSPS) is 18.0. The second-order valence-corrected chi connectivity index (χ2v) is 8.40. The van der Waals surface area contributed by atoms with Crippen LogP contribution in [0.4, 0.5) is 0 Å². The molecule has 0 aromatic heterocycles. The van der Waals surface area contributed by atoms with Gasteiger partial charge in [0.05, 0.1) is 16.9 Å². The van der Waals surface area contributed by atoms with Crippen LogP contribution in [0.15, 0.2) is 59.5 Å². The molecule has 26 heavy (non-hydrogen) atoms. The van der Waals surface area contributed by atoms with Crippen molar-refractivity contribution in [1.29, 1.82) is 0 Å². The van der Waals surface area contributed by atoms with Gasteiger partial charge in [-0.05, 0) is 36.2 Å². The lowest BCUT2D eigenvalue weighted by atomic mass is 9.97. The van der Waals surface area contributed by atoms with Crippen molar-refractivity contribution in [3.05, 3.63) is 65.7 Å². The molecule has 140 valence electrons. The fourth-order valence-corrected chi connectivity index (χ4v) is 3.74. The first-order valence-corrected chi connectivity index (χ1v) is 10.2. The monoisotopic (exact) mass is 394 g/mol. The summed E-state index contributed by atoms with van der Waals surface area (Å²) in [6.45, 7) is 1.52. The molecule has 2 aromatic carbocycles. The van der Waals surface area contributed by atoms with Crippen LogP contribution in [0.5, 0.6) is 0 Å². The Kier molecular flexibility index (Phi) is 6.81. The van der Waals surface area contributed by atoms with Gasteiger partial charge in [-0.25, -0.2) is 8.42 Å². The van der Waals surface area contributed by atoms with Crippen LogP contribution in [0.2, 0.25) is 0 Å². The Balaban J connectivity index is 0.00000243. The predicted octanol–water partition coefficient (Wildman–Crippen LogP) is 2.33. The zero-order chi connectivity index (χ0) is 17.9. The zero-order valence-corrected chi connectivity index (χ0v) is 16.1. The fraction of sp³-hybridized carbons (Fsp3) is 0.316. The van der Waals surface area contributed by atoms with Crippen LogP contribution >= 0.6 is 12.4 Å². The fourth-order valence-electron chi connectivity index (χ4n) is 3.07. The van der Waals surface area contributed by atoms with Crippen molar-refractivity contribution in [2.75, 3.05) is 19.3 Å². The molecule has 2 unspecified atom stereocenters. The molecule has 7 heteroatoms. The van der Waals surface area contributed by atoms with Gasteiger partial charge in [-0.3, -0.25) is 4.79 Å². The Morgan fingerprint density at radius 1 is 1.12 bits per heavy atom. The number of hydrogen-bond donors (Lipinski definition) is 2. The summed E-state index contributed by atoms with van der Waals surface area (Å²) in [4.78, 5) is 12.9. The lowest BCUT2D eigenvalue weighted by Gasteiger charge is -2.22. The molecule has 5 nitrogen and oxygen atoms in total. The highest BCUT2D eigenvalue weighted by atomic mass is 35.5. The molecule has 3 rings (SSSR count). The molecule has 2 aromatic rings. The Labute approximate surface area is 160 Å². The SMILES string of the molecule is CS(=O)(=O)c1cccc(C(NC(=O)C2CCNC2)c2ccccc2)c1.Cl. The van der Waals surface area contributed by atoms with E-state index in [1.54, 1.807) is 18.2 Å². The van der Waals surface area contributed by atoms with Crippen LogP contribution in [0.25, 0.3) is 0 Å². The number of carbonyl (C=O) groups excluding carboxylic acids is 1. The Hall–Kier alpha value is -1.89. The molecule has 1 heterocycles. The summed E-state index contributed by atoms with van der Waals surface area (Å²) in [6, 6.07) is 16.0. The van der Waals surface area contributed by atoms with Gasteiger partial charge < -0.3 is 10.6 Å². The van der Waals surface area contributed by atoms with E-state index in [-0.39, 0.29) is 35.2 Å². The van der Waals surface area contributed by atoms with Gasteiger partial charge in [-0.15, -0.1) is 12.4 Å². The third-order valence-electron chi connectivity index (χ3n) is 4.47. The number of sulfone groups is 1. The van der Waals surface area contributed by atoms with E-state index in [0.717, 1.165) is 24.1 Å². The van der Waals surface area contributed by atoms with Gasteiger partial charge in [0.15, 0.2) is 9.84 Å². The number of halogens is 1. The molecule has 0 aliphatic carbocycles. The van der Waals surface area contributed by atoms with Gasteiger partial charge in [0.1, 0.15) is 0 Å². The number of hydrogen-bond acceptors (Lipinski definition) is 4. The van der Waals surface area contributed by atoms with Crippen molar-refractivity contribution in [3.8, 4) is 0 Å². The number of benzene rings is 2. The lowest BCUT2D eigenvalue weighted by molar-refractivity contribution is -0.124. The standard InChI is InChI=1S/C19H22N2O3S.ClH/c1-25(23,24)17-9-5-8-15(12-17)18(14-6-3-2-4-7-14)21-19(22)16-10-11-20-13-16;/h2-9,12,16,18,20H,10-11,13H2,1H3,(H,21,22);1H. The minimum absolute atomic E-state index is 0. The number of carbonyl (C=O) groups is 1. The van der Waals surface area contributed by atoms with Crippen LogP contribution in [0, 0.1) is 5.92 Å². The van der Waals surface area contributed by atoms with Crippen LogP contribution in [-0.2, 0) is 14.6 Å². The zero-order valence-electron chi connectivity index (χ0n) is 14.5. The molecule has 1 fully saturated rings. The lowest BCUT2D eigenvalue weighted by Crippen LogP contribution is -2.35. The van der Waals surface area contributed by atoms with Gasteiger partial charge in [-0.1, -0.05) is 42.5 Å². The third-order valence-corrected chi connectivity index (χ3v) is 5.58. The van der Waals surface area contributed by atoms with E-state index in [4.69, 9.17) is 0 Å². The third kappa shape index (κ3) is 4.84. The van der Waals surface area contributed by atoms with Gasteiger partial charge in [0, 0.05) is 12.8 Å². The Bertz CT molecular complexity index is 850. The van der Waals surface area contributed by atoms with Crippen molar-refractivity contribution in [3.63, 3.8) is 0 Å². The second-order valence-electron chi connectivity index (χ2n) is 6.39. The Morgan fingerprint density at radius 2 is 1.81 bits per heavy atom. The second kappa shape index (κ2) is 8.66. The number of rotatable bonds is 5. The maximum absolute atomic E-state index is 12.6. The van der Waals surface area contributed by atoms with Gasteiger partial charge in [0.25, 0.3) is 0 Å². The van der Waals surface area contributed by atoms with E-state index in [1.807, 2.05) is 36.4 Å². The van der Waals surface area contributed by atoms with Crippen LogP contribution < -0.4 is 10.6 Å². The van der Waals surface area contributed by atoms with Gasteiger partial charge in [-0.2, -0.15) is 0 Å². The minimum Gasteiger partial charge on any atom is -0.345 e. The van der Waals surface area contributed by atoms with Gasteiger partial charge >= 0.3 is 0 Å². The molecule has 1 aliphatic rings. The first kappa shape index (κ1) is 20.4. The number of amides is 1. The van der Waals surface area contributed by atoms with Crippen molar-refractivity contribution in [2.45, 2.75) is 17.4 Å². The van der Waals surface area contributed by atoms with Gasteiger partial charge in [0.2, 0.25) is 5.91 Å². The van der Waals surface area contributed by atoms with E-state index in [0.29, 0.717) is 6.54 Å². The molecular formula is C19H23ClN2O3S. The van der Waals surface area contributed by atoms with E-state index in [1.165, 1.54) is 6.26 Å². The molecule has 2 N–H and O–H groups in total. The number of nitrogens with one attached hydrogen (secondary N) is 2. The molecule has 0 bridgehead atoms. The molecule has 0 radical (unpaired) electrons. The maximum Gasteiger partial charge on any atom is 0.225 e. The Morgan fingerprint density at radius 3 is 2.42 bits per heavy atom. The highest BCUT2D eigenvalue weighted by Crippen LogP contribution is 2.25. The van der Waals surface area contributed by atoms with E-state index in [2.05, 4.69) is 10.6 Å². The summed E-state index contributed by atoms with van der Waals surface area (Å²) in [7, 11) is -3.31. The first-order valence-electron chi connectivity index (χ1n) is 8.31. The topological polar surface area (TPSA) is 75.3 Å². The van der Waals surface area contributed by atoms with Crippen LogP contribution in [0.3, 0.4) is 0 Å². The summed E-state index contributed by atoms with van der Waals surface area (Å²) < 4.78 is 23.8. The molecule has 0 saturated carbocycles. The quantitative estimate of drug-likeness (QED) is 0.816. The minimum atomic E-state index is -3.31. The summed E-state index contributed by atoms with van der Waals surface area (Å²) in [5, 5.41) is 6.29. The van der Waals surface area contributed by atoms with Crippen molar-refractivity contribution < 1.29 is 13.2 Å². The molecule has 0 spiro atoms. The van der Waals surface area contributed by atoms with Crippen LogP contribution in [0.1, 0.15) is 23.6 Å². The molecule has 1 aliphatic heterocycles. The summed E-state index contributed by atoms with van der Waals surface area (Å²) in [5.41, 5.74) is 1.68. The molecular weight excluding hydrogens is 372 g/mol. The smallest absolute Gasteiger partial charge is 0.225 e. The van der Waals surface area contributed by atoms with Crippen LogP contribution in [-0.4, -0.2) is 33.7 Å². The summed E-state index contributed by atoms with van der Waals surface area (Å²) in [6.07, 6.45) is 2.00. The van der Waals surface area contributed by atoms with E-state index in [9.17, 15) is 13.2 Å². The van der Waals surface area contributed by atoms with E-state index >= 15 is 0 Å².